The average molecular weight is 654 g/mol. The van der Waals surface area contributed by atoms with Crippen molar-refractivity contribution in [1.82, 2.24) is 24.9 Å². The third kappa shape index (κ3) is 4.92. The van der Waals surface area contributed by atoms with Gasteiger partial charge in [0.05, 0.1) is 27.9 Å². The second-order valence-electron chi connectivity index (χ2n) is 12.5. The first-order valence-electron chi connectivity index (χ1n) is 16.8. The van der Waals surface area contributed by atoms with Crippen LogP contribution in [0.15, 0.2) is 169 Å². The zero-order chi connectivity index (χ0) is 33.7. The van der Waals surface area contributed by atoms with Gasteiger partial charge in [-0.25, -0.2) is 15.0 Å². The summed E-state index contributed by atoms with van der Waals surface area (Å²) in [7, 11) is 0. The van der Waals surface area contributed by atoms with E-state index < -0.39 is 0 Å². The number of nitrogens with zero attached hydrogens (tertiary/aromatic N) is 5. The van der Waals surface area contributed by atoms with Gasteiger partial charge in [-0.05, 0) is 54.1 Å². The van der Waals surface area contributed by atoms with E-state index in [4.69, 9.17) is 19.4 Å². The molecule has 0 aliphatic heterocycles. The number of hydrogen-bond donors (Lipinski definition) is 0. The summed E-state index contributed by atoms with van der Waals surface area (Å²) < 4.78 is 6.90. The fourth-order valence-electron chi connectivity index (χ4n) is 7.01. The number of benzene rings is 4. The number of hydrogen-bond acceptors (Lipinski definition) is 6. The molecule has 0 fully saturated rings. The van der Waals surface area contributed by atoms with E-state index in [9.17, 15) is 0 Å². The van der Waals surface area contributed by atoms with Crippen LogP contribution in [0.3, 0.4) is 0 Å². The quantitative estimate of drug-likeness (QED) is 0.172. The van der Waals surface area contributed by atoms with E-state index in [2.05, 4.69) is 88.8 Å². The average Bonchev–Trinajstić information content (AvgIpc) is 3.62. The van der Waals surface area contributed by atoms with E-state index in [1.54, 1.807) is 12.4 Å². The monoisotopic (exact) mass is 653 g/mol. The second-order valence-corrected chi connectivity index (χ2v) is 12.5. The molecule has 6 aromatic heterocycles. The lowest BCUT2D eigenvalue weighted by molar-refractivity contribution is 0.632. The van der Waals surface area contributed by atoms with Crippen LogP contribution < -0.4 is 0 Å². The summed E-state index contributed by atoms with van der Waals surface area (Å²) in [6.45, 7) is 0. The van der Waals surface area contributed by atoms with E-state index >= 15 is 0 Å². The highest BCUT2D eigenvalue weighted by atomic mass is 16.3. The minimum atomic E-state index is 0.722. The second kappa shape index (κ2) is 11.8. The zero-order valence-electron chi connectivity index (χ0n) is 27.2. The van der Waals surface area contributed by atoms with Crippen LogP contribution >= 0.6 is 0 Å². The van der Waals surface area contributed by atoms with Crippen LogP contribution in [0.5, 0.6) is 0 Å². The van der Waals surface area contributed by atoms with Gasteiger partial charge in [-0.15, -0.1) is 0 Å². The zero-order valence-corrected chi connectivity index (χ0v) is 27.2. The molecule has 0 saturated heterocycles. The lowest BCUT2D eigenvalue weighted by atomic mass is 9.95. The molecule has 238 valence electrons. The lowest BCUT2D eigenvalue weighted by Crippen LogP contribution is -1.92. The Morgan fingerprint density at radius 2 is 1.00 bits per heavy atom. The van der Waals surface area contributed by atoms with Gasteiger partial charge in [0.2, 0.25) is 0 Å². The highest BCUT2D eigenvalue weighted by Crippen LogP contribution is 2.46. The van der Waals surface area contributed by atoms with Gasteiger partial charge in [0, 0.05) is 74.1 Å². The summed E-state index contributed by atoms with van der Waals surface area (Å²) in [5.41, 5.74) is 11.8. The van der Waals surface area contributed by atoms with Gasteiger partial charge in [0.15, 0.2) is 5.58 Å². The SMILES string of the molecule is c1ccc(-c2ccc3ccc4ccc(-c5ccc6nc(-c7ccccc7)c7oc(-c8ccncc8)c(-c8ccncc8)c7c6c5)nc4c3n2)cc1. The summed E-state index contributed by atoms with van der Waals surface area (Å²) in [5, 5.41) is 4.05. The van der Waals surface area contributed by atoms with E-state index in [-0.39, 0.29) is 0 Å². The van der Waals surface area contributed by atoms with Crippen LogP contribution in [-0.4, -0.2) is 24.9 Å². The molecule has 0 atom stereocenters. The van der Waals surface area contributed by atoms with Crippen LogP contribution in [0, 0.1) is 0 Å². The molecule has 0 aliphatic rings. The predicted octanol–water partition coefficient (Wildman–Crippen LogP) is 11.2. The number of aromatic nitrogens is 5. The third-order valence-corrected chi connectivity index (χ3v) is 9.47. The Morgan fingerprint density at radius 3 is 1.65 bits per heavy atom. The van der Waals surface area contributed by atoms with Gasteiger partial charge in [0.1, 0.15) is 11.5 Å². The van der Waals surface area contributed by atoms with Crippen molar-refractivity contribution < 1.29 is 4.42 Å². The first kappa shape index (κ1) is 28.9. The maximum absolute atomic E-state index is 6.90. The maximum Gasteiger partial charge on any atom is 0.162 e. The van der Waals surface area contributed by atoms with Gasteiger partial charge >= 0.3 is 0 Å². The Bertz CT molecular complexity index is 2890. The molecule has 0 N–H and O–H groups in total. The topological polar surface area (TPSA) is 77.6 Å². The lowest BCUT2D eigenvalue weighted by Gasteiger charge is -2.11. The normalized spacial score (nSPS) is 11.5. The van der Waals surface area contributed by atoms with Crippen LogP contribution in [0.4, 0.5) is 0 Å². The molecule has 0 amide bonds. The minimum absolute atomic E-state index is 0.722. The van der Waals surface area contributed by atoms with Crippen molar-refractivity contribution in [2.75, 3.05) is 0 Å². The van der Waals surface area contributed by atoms with Gasteiger partial charge in [-0.2, -0.15) is 0 Å². The summed E-state index contributed by atoms with van der Waals surface area (Å²) in [6, 6.07) is 47.5. The Balaban J connectivity index is 1.24. The van der Waals surface area contributed by atoms with Crippen molar-refractivity contribution >= 4 is 43.7 Å². The Kier molecular flexibility index (Phi) is 6.70. The first-order valence-corrected chi connectivity index (χ1v) is 16.8. The Labute approximate surface area is 292 Å². The van der Waals surface area contributed by atoms with Crippen molar-refractivity contribution in [2.24, 2.45) is 0 Å². The van der Waals surface area contributed by atoms with Crippen LogP contribution in [0.25, 0.3) is 99.9 Å². The molecule has 10 rings (SSSR count). The van der Waals surface area contributed by atoms with Gasteiger partial charge in [-0.3, -0.25) is 9.97 Å². The third-order valence-electron chi connectivity index (χ3n) is 9.47. The molecule has 0 unspecified atom stereocenters. The van der Waals surface area contributed by atoms with Crippen molar-refractivity contribution in [1.29, 1.82) is 0 Å². The van der Waals surface area contributed by atoms with Crippen LogP contribution in [-0.2, 0) is 0 Å². The summed E-state index contributed by atoms with van der Waals surface area (Å²) in [6.07, 6.45) is 7.21. The molecule has 4 aromatic carbocycles. The number of rotatable bonds is 5. The van der Waals surface area contributed by atoms with Crippen LogP contribution in [0.2, 0.25) is 0 Å². The fraction of sp³-hybridized carbons (Fsp3) is 0. The van der Waals surface area contributed by atoms with Crippen molar-refractivity contribution in [2.45, 2.75) is 0 Å². The molecule has 0 aliphatic carbocycles. The number of furan rings is 1. The summed E-state index contributed by atoms with van der Waals surface area (Å²) >= 11 is 0. The van der Waals surface area contributed by atoms with E-state index in [0.717, 1.165) is 99.9 Å². The Hall–Kier alpha value is -7.05. The molecule has 0 spiro atoms. The summed E-state index contributed by atoms with van der Waals surface area (Å²) in [5.74, 6) is 0.756. The summed E-state index contributed by atoms with van der Waals surface area (Å²) in [4.78, 5) is 24.2. The van der Waals surface area contributed by atoms with Crippen molar-refractivity contribution in [3.8, 4) is 56.2 Å². The highest BCUT2D eigenvalue weighted by molar-refractivity contribution is 6.19. The number of fused-ring (bicyclic) bond motifs is 6. The van der Waals surface area contributed by atoms with Crippen molar-refractivity contribution in [3.63, 3.8) is 0 Å². The molecular formula is C45H27N5O. The molecule has 0 radical (unpaired) electrons. The van der Waals surface area contributed by atoms with Gasteiger partial charge in [0.25, 0.3) is 0 Å². The van der Waals surface area contributed by atoms with E-state index in [1.807, 2.05) is 73.1 Å². The maximum atomic E-state index is 6.90. The minimum Gasteiger partial charge on any atom is -0.453 e. The molecule has 51 heavy (non-hydrogen) atoms. The van der Waals surface area contributed by atoms with E-state index in [0.29, 0.717) is 0 Å². The highest BCUT2D eigenvalue weighted by Gasteiger charge is 2.24. The smallest absolute Gasteiger partial charge is 0.162 e. The molecule has 10 aromatic rings. The van der Waals surface area contributed by atoms with Gasteiger partial charge < -0.3 is 4.42 Å². The molecule has 6 heteroatoms. The standard InChI is InChI=1S/C45H27N5O/c1-3-7-28(8-4-1)36-16-13-31-11-12-32-14-17-37(49-42(32)41(31)48-36)34-15-18-38-35(27-34)40-39(29-19-23-46-24-20-29)44(33-21-25-47-26-22-33)51-45(40)43(50-38)30-9-5-2-6-10-30/h1-27H. The van der Waals surface area contributed by atoms with Crippen molar-refractivity contribution in [3.05, 3.63) is 164 Å². The van der Waals surface area contributed by atoms with E-state index in [1.165, 1.54) is 0 Å². The largest absolute Gasteiger partial charge is 0.453 e. The molecule has 0 saturated carbocycles. The number of pyridine rings is 5. The van der Waals surface area contributed by atoms with Crippen LogP contribution in [0.1, 0.15) is 0 Å². The fourth-order valence-corrected chi connectivity index (χ4v) is 7.01. The molecule has 0 bridgehead atoms. The Morgan fingerprint density at radius 1 is 0.431 bits per heavy atom. The molecule has 6 heterocycles. The first-order chi connectivity index (χ1) is 25.3. The van der Waals surface area contributed by atoms with Gasteiger partial charge in [-0.1, -0.05) is 91.0 Å². The predicted molar refractivity (Wildman–Crippen MR) is 205 cm³/mol. The molecule has 6 nitrogen and oxygen atoms in total. The molecular weight excluding hydrogens is 627 g/mol.